The number of nitrogens with one attached hydrogen (secondary N) is 1. The molecule has 4 heteroatoms. The molecule has 1 atom stereocenters. The van der Waals surface area contributed by atoms with Crippen LogP contribution in [-0.4, -0.2) is 0 Å². The molecule has 0 saturated carbocycles. The fourth-order valence-corrected chi connectivity index (χ4v) is 3.00. The predicted molar refractivity (Wildman–Crippen MR) is 73.7 cm³/mol. The van der Waals surface area contributed by atoms with E-state index in [1.54, 1.807) is 11.3 Å². The molecule has 1 N–H and O–H groups in total. The van der Waals surface area contributed by atoms with Crippen molar-refractivity contribution in [3.8, 4) is 0 Å². The van der Waals surface area contributed by atoms with Gasteiger partial charge in [-0.3, -0.25) is 0 Å². The largest absolute Gasteiger partial charge is 0.305 e. The lowest BCUT2D eigenvalue weighted by Crippen LogP contribution is -2.17. The summed E-state index contributed by atoms with van der Waals surface area (Å²) in [4.78, 5) is 1.28. The minimum atomic E-state index is -0.192. The monoisotopic (exact) mass is 313 g/mol. The molecule has 90 valence electrons. The molecule has 0 saturated heterocycles. The molecule has 1 nitrogen and oxygen atoms in total. The quantitative estimate of drug-likeness (QED) is 0.876. The van der Waals surface area contributed by atoms with Gasteiger partial charge < -0.3 is 5.32 Å². The van der Waals surface area contributed by atoms with Crippen molar-refractivity contribution in [2.75, 3.05) is 0 Å². The zero-order valence-corrected chi connectivity index (χ0v) is 11.8. The number of hydrogen-bond donors (Lipinski definition) is 1. The van der Waals surface area contributed by atoms with Crippen LogP contribution in [0, 0.1) is 5.82 Å². The van der Waals surface area contributed by atoms with Crippen molar-refractivity contribution in [1.82, 2.24) is 5.32 Å². The van der Waals surface area contributed by atoms with Crippen molar-refractivity contribution in [2.45, 2.75) is 19.5 Å². The first kappa shape index (κ1) is 12.7. The van der Waals surface area contributed by atoms with Gasteiger partial charge in [-0.2, -0.15) is 0 Å². The van der Waals surface area contributed by atoms with Crippen LogP contribution in [0.1, 0.15) is 23.4 Å². The zero-order valence-electron chi connectivity index (χ0n) is 9.41. The Morgan fingerprint density at radius 3 is 2.53 bits per heavy atom. The molecular formula is C13H13BrFNS. The normalized spacial score (nSPS) is 12.6. The summed E-state index contributed by atoms with van der Waals surface area (Å²) in [5.74, 6) is -0.192. The van der Waals surface area contributed by atoms with Crippen molar-refractivity contribution in [1.29, 1.82) is 0 Å². The first-order valence-electron chi connectivity index (χ1n) is 5.38. The topological polar surface area (TPSA) is 12.0 Å². The van der Waals surface area contributed by atoms with Gasteiger partial charge in [-0.1, -0.05) is 12.1 Å². The lowest BCUT2D eigenvalue weighted by molar-refractivity contribution is 0.575. The highest BCUT2D eigenvalue weighted by Crippen LogP contribution is 2.22. The maximum absolute atomic E-state index is 12.8. The van der Waals surface area contributed by atoms with Gasteiger partial charge in [0.05, 0.1) is 3.79 Å². The molecule has 0 aliphatic rings. The molecule has 0 bridgehead atoms. The minimum absolute atomic E-state index is 0.192. The third kappa shape index (κ3) is 3.63. The fraction of sp³-hybridized carbons (Fsp3) is 0.231. The van der Waals surface area contributed by atoms with E-state index in [0.29, 0.717) is 0 Å². The summed E-state index contributed by atoms with van der Waals surface area (Å²) < 4.78 is 13.9. The second-order valence-electron chi connectivity index (χ2n) is 3.86. The predicted octanol–water partition coefficient (Wildman–Crippen LogP) is 4.50. The molecule has 0 amide bonds. The van der Waals surface area contributed by atoms with Gasteiger partial charge in [-0.15, -0.1) is 11.3 Å². The molecule has 2 aromatic rings. The minimum Gasteiger partial charge on any atom is -0.305 e. The van der Waals surface area contributed by atoms with Crippen molar-refractivity contribution in [2.24, 2.45) is 0 Å². The summed E-state index contributed by atoms with van der Waals surface area (Å²) in [7, 11) is 0. The molecule has 0 aliphatic heterocycles. The molecule has 0 radical (unpaired) electrons. The summed E-state index contributed by atoms with van der Waals surface area (Å²) in [5, 5.41) is 3.42. The van der Waals surface area contributed by atoms with E-state index in [4.69, 9.17) is 0 Å². The number of thiophene rings is 1. The van der Waals surface area contributed by atoms with Crippen LogP contribution in [0.4, 0.5) is 4.39 Å². The van der Waals surface area contributed by atoms with Crippen LogP contribution in [0.15, 0.2) is 40.2 Å². The van der Waals surface area contributed by atoms with Crippen LogP contribution in [0.2, 0.25) is 0 Å². The summed E-state index contributed by atoms with van der Waals surface area (Å²) in [6, 6.07) is 11.0. The Hall–Kier alpha value is -0.710. The average Bonchev–Trinajstić information content (AvgIpc) is 2.73. The molecule has 0 unspecified atom stereocenters. The van der Waals surface area contributed by atoms with E-state index in [-0.39, 0.29) is 11.9 Å². The lowest BCUT2D eigenvalue weighted by Gasteiger charge is -2.13. The van der Waals surface area contributed by atoms with Crippen LogP contribution in [0.25, 0.3) is 0 Å². The maximum Gasteiger partial charge on any atom is 0.123 e. The van der Waals surface area contributed by atoms with Crippen LogP contribution < -0.4 is 5.32 Å². The summed E-state index contributed by atoms with van der Waals surface area (Å²) >= 11 is 5.16. The highest BCUT2D eigenvalue weighted by Gasteiger charge is 2.05. The van der Waals surface area contributed by atoms with Gasteiger partial charge in [-0.05, 0) is 52.7 Å². The molecule has 0 fully saturated rings. The van der Waals surface area contributed by atoms with E-state index in [1.807, 2.05) is 18.2 Å². The number of rotatable bonds is 4. The zero-order chi connectivity index (χ0) is 12.3. The second-order valence-corrected chi connectivity index (χ2v) is 6.41. The first-order chi connectivity index (χ1) is 8.15. The maximum atomic E-state index is 12.8. The van der Waals surface area contributed by atoms with Crippen LogP contribution in [0.3, 0.4) is 0 Å². The van der Waals surface area contributed by atoms with Crippen LogP contribution in [0.5, 0.6) is 0 Å². The van der Waals surface area contributed by atoms with Gasteiger partial charge in [0.25, 0.3) is 0 Å². The van der Waals surface area contributed by atoms with Gasteiger partial charge >= 0.3 is 0 Å². The van der Waals surface area contributed by atoms with Crippen molar-refractivity contribution < 1.29 is 4.39 Å². The Kier molecular flexibility index (Phi) is 4.31. The van der Waals surface area contributed by atoms with Gasteiger partial charge in [0.15, 0.2) is 0 Å². The van der Waals surface area contributed by atoms with Crippen molar-refractivity contribution >= 4 is 27.3 Å². The van der Waals surface area contributed by atoms with Crippen molar-refractivity contribution in [3.63, 3.8) is 0 Å². The van der Waals surface area contributed by atoms with E-state index >= 15 is 0 Å². The lowest BCUT2D eigenvalue weighted by atomic mass is 10.1. The number of benzene rings is 1. The van der Waals surface area contributed by atoms with Gasteiger partial charge in [0.1, 0.15) is 5.82 Å². The molecular weight excluding hydrogens is 301 g/mol. The number of hydrogen-bond acceptors (Lipinski definition) is 2. The Balaban J connectivity index is 1.93. The Bertz CT molecular complexity index is 480. The molecule has 1 aromatic carbocycles. The van der Waals surface area contributed by atoms with Crippen molar-refractivity contribution in [3.05, 3.63) is 56.4 Å². The highest BCUT2D eigenvalue weighted by atomic mass is 79.9. The number of halogens is 2. The summed E-state index contributed by atoms with van der Waals surface area (Å²) in [6.07, 6.45) is 0. The summed E-state index contributed by atoms with van der Waals surface area (Å²) in [6.45, 7) is 2.91. The SMILES string of the molecule is C[C@H](NCc1ccc(Br)s1)c1ccc(F)cc1. The van der Waals surface area contributed by atoms with Crippen LogP contribution >= 0.6 is 27.3 Å². The van der Waals surface area contributed by atoms with E-state index in [0.717, 1.165) is 15.9 Å². The van der Waals surface area contributed by atoms with E-state index in [2.05, 4.69) is 34.2 Å². The third-order valence-corrected chi connectivity index (χ3v) is 4.20. The highest BCUT2D eigenvalue weighted by molar-refractivity contribution is 9.11. The molecule has 17 heavy (non-hydrogen) atoms. The Morgan fingerprint density at radius 1 is 1.24 bits per heavy atom. The summed E-state index contributed by atoms with van der Waals surface area (Å²) in [5.41, 5.74) is 1.10. The molecule has 0 aliphatic carbocycles. The molecule has 0 spiro atoms. The van der Waals surface area contributed by atoms with E-state index < -0.39 is 0 Å². The molecule has 1 aromatic heterocycles. The molecule has 2 rings (SSSR count). The second kappa shape index (κ2) is 5.76. The van der Waals surface area contributed by atoms with Gasteiger partial charge in [0, 0.05) is 17.5 Å². The first-order valence-corrected chi connectivity index (χ1v) is 6.99. The van der Waals surface area contributed by atoms with Crippen LogP contribution in [-0.2, 0) is 6.54 Å². The smallest absolute Gasteiger partial charge is 0.123 e. The fourth-order valence-electron chi connectivity index (χ4n) is 1.57. The molecule has 1 heterocycles. The van der Waals surface area contributed by atoms with E-state index in [1.165, 1.54) is 17.0 Å². The Labute approximate surface area is 113 Å². The third-order valence-electron chi connectivity index (χ3n) is 2.58. The van der Waals surface area contributed by atoms with Gasteiger partial charge in [-0.25, -0.2) is 4.39 Å². The van der Waals surface area contributed by atoms with Gasteiger partial charge in [0.2, 0.25) is 0 Å². The standard InChI is InChI=1S/C13H13BrFNS/c1-9(10-2-4-11(15)5-3-10)16-8-12-6-7-13(14)17-12/h2-7,9,16H,8H2,1H3/t9-/m0/s1. The van der Waals surface area contributed by atoms with E-state index in [9.17, 15) is 4.39 Å². The Morgan fingerprint density at radius 2 is 1.94 bits per heavy atom. The average molecular weight is 314 g/mol.